The zero-order valence-electron chi connectivity index (χ0n) is 16.4. The fraction of sp³-hybridized carbons (Fsp3) is 0.947. The van der Waals surface area contributed by atoms with Crippen LogP contribution in [0.15, 0.2) is 0 Å². The number of amides is 1. The molecule has 0 unspecified atom stereocenters. The first-order valence-corrected chi connectivity index (χ1v) is 10.1. The van der Waals surface area contributed by atoms with Crippen LogP contribution in [0.1, 0.15) is 32.6 Å². The van der Waals surface area contributed by atoms with Gasteiger partial charge in [-0.3, -0.25) is 9.69 Å². The van der Waals surface area contributed by atoms with Crippen molar-refractivity contribution in [3.63, 3.8) is 0 Å². The van der Waals surface area contributed by atoms with Gasteiger partial charge < -0.3 is 20.4 Å². The smallest absolute Gasteiger partial charge is 0.242 e. The average Bonchev–Trinajstić information content (AvgIpc) is 2.62. The summed E-state index contributed by atoms with van der Waals surface area (Å²) in [4.78, 5) is 22.5. The second kappa shape index (κ2) is 7.91. The van der Waals surface area contributed by atoms with Crippen LogP contribution in [0, 0.1) is 5.92 Å². The van der Waals surface area contributed by atoms with E-state index in [0.717, 1.165) is 52.1 Å². The molecule has 25 heavy (non-hydrogen) atoms. The molecule has 3 saturated heterocycles. The highest BCUT2D eigenvalue weighted by Gasteiger charge is 2.42. The van der Waals surface area contributed by atoms with E-state index >= 15 is 0 Å². The number of carbonyl (C=O) groups is 1. The van der Waals surface area contributed by atoms with Gasteiger partial charge in [0.1, 0.15) is 0 Å². The molecule has 0 aliphatic carbocycles. The van der Waals surface area contributed by atoms with E-state index < -0.39 is 5.54 Å². The maximum atomic E-state index is 13.1. The maximum Gasteiger partial charge on any atom is 0.242 e. The third-order valence-corrected chi connectivity index (χ3v) is 6.83. The van der Waals surface area contributed by atoms with Crippen molar-refractivity contribution < 1.29 is 4.79 Å². The number of nitrogens with zero attached hydrogens (tertiary/aromatic N) is 4. The van der Waals surface area contributed by atoms with Gasteiger partial charge >= 0.3 is 0 Å². The number of piperidine rings is 2. The molecule has 1 atom stereocenters. The van der Waals surface area contributed by atoms with E-state index in [4.69, 9.17) is 5.73 Å². The van der Waals surface area contributed by atoms with Gasteiger partial charge in [-0.15, -0.1) is 0 Å². The Labute approximate surface area is 153 Å². The normalized spacial score (nSPS) is 28.9. The molecule has 2 N–H and O–H groups in total. The average molecular weight is 352 g/mol. The van der Waals surface area contributed by atoms with Crippen molar-refractivity contribution in [2.24, 2.45) is 11.7 Å². The van der Waals surface area contributed by atoms with Gasteiger partial charge in [-0.1, -0.05) is 0 Å². The molecular weight excluding hydrogens is 314 g/mol. The summed E-state index contributed by atoms with van der Waals surface area (Å²) < 4.78 is 0. The van der Waals surface area contributed by atoms with E-state index in [0.29, 0.717) is 12.0 Å². The summed E-state index contributed by atoms with van der Waals surface area (Å²) >= 11 is 0. The zero-order chi connectivity index (χ0) is 18.0. The summed E-state index contributed by atoms with van der Waals surface area (Å²) in [6.45, 7) is 10.1. The van der Waals surface area contributed by atoms with Crippen molar-refractivity contribution >= 4 is 5.91 Å². The molecule has 0 aromatic carbocycles. The van der Waals surface area contributed by atoms with Crippen molar-refractivity contribution in [2.75, 3.05) is 66.5 Å². The third-order valence-electron chi connectivity index (χ3n) is 6.83. The topological polar surface area (TPSA) is 56.1 Å². The van der Waals surface area contributed by atoms with Gasteiger partial charge in [0.05, 0.1) is 5.54 Å². The van der Waals surface area contributed by atoms with Crippen molar-refractivity contribution in [1.29, 1.82) is 0 Å². The highest BCUT2D eigenvalue weighted by Crippen LogP contribution is 2.28. The van der Waals surface area contributed by atoms with E-state index in [9.17, 15) is 4.79 Å². The van der Waals surface area contributed by atoms with E-state index in [1.165, 1.54) is 25.9 Å². The molecular formula is C19H37N5O. The number of carbonyl (C=O) groups excluding carboxylic acids is 1. The second-order valence-electron chi connectivity index (χ2n) is 8.72. The molecule has 3 aliphatic heterocycles. The standard InChI is InChI=1S/C19H37N5O/c1-19(20,16-4-8-21(2)9-5-16)18(25)24-14-12-23(13-15-24)17-6-10-22(3)11-7-17/h16-17H,4-15,20H2,1-3H3/t19-/m0/s1. The Morgan fingerprint density at radius 2 is 1.32 bits per heavy atom. The molecule has 0 radical (unpaired) electrons. The molecule has 6 nitrogen and oxygen atoms in total. The maximum absolute atomic E-state index is 13.1. The Bertz CT molecular complexity index is 445. The first-order chi connectivity index (χ1) is 11.9. The molecule has 3 fully saturated rings. The lowest BCUT2D eigenvalue weighted by atomic mass is 9.78. The molecule has 1 amide bonds. The number of rotatable bonds is 3. The number of nitrogens with two attached hydrogens (primary N) is 1. The summed E-state index contributed by atoms with van der Waals surface area (Å²) in [7, 11) is 4.35. The van der Waals surface area contributed by atoms with Crippen LogP contribution in [0.3, 0.4) is 0 Å². The first-order valence-electron chi connectivity index (χ1n) is 10.1. The molecule has 3 aliphatic rings. The lowest BCUT2D eigenvalue weighted by molar-refractivity contribution is -0.141. The summed E-state index contributed by atoms with van der Waals surface area (Å²) in [5.41, 5.74) is 5.86. The Hall–Kier alpha value is -0.690. The molecule has 0 spiro atoms. The molecule has 0 aromatic heterocycles. The number of likely N-dealkylation sites (tertiary alicyclic amines) is 2. The molecule has 144 valence electrons. The van der Waals surface area contributed by atoms with Gasteiger partial charge in [-0.2, -0.15) is 0 Å². The quantitative estimate of drug-likeness (QED) is 0.792. The minimum atomic E-state index is -0.711. The van der Waals surface area contributed by atoms with Crippen LogP contribution in [-0.4, -0.2) is 104 Å². The Kier molecular flexibility index (Phi) is 6.03. The molecule has 0 aromatic rings. The number of hydrogen-bond donors (Lipinski definition) is 1. The van der Waals surface area contributed by atoms with Crippen LogP contribution in [0.2, 0.25) is 0 Å². The van der Waals surface area contributed by atoms with Gasteiger partial charge in [-0.05, 0) is 78.8 Å². The molecule has 3 heterocycles. The third kappa shape index (κ3) is 4.35. The zero-order valence-corrected chi connectivity index (χ0v) is 16.4. The number of hydrogen-bond acceptors (Lipinski definition) is 5. The second-order valence-corrected chi connectivity index (χ2v) is 8.72. The van der Waals surface area contributed by atoms with E-state index in [1.54, 1.807) is 0 Å². The van der Waals surface area contributed by atoms with Crippen LogP contribution in [-0.2, 0) is 4.79 Å². The molecule has 6 heteroatoms. The summed E-state index contributed by atoms with van der Waals surface area (Å²) in [5, 5.41) is 0. The van der Waals surface area contributed by atoms with E-state index in [1.807, 2.05) is 11.8 Å². The fourth-order valence-corrected chi connectivity index (χ4v) is 4.77. The predicted molar refractivity (Wildman–Crippen MR) is 101 cm³/mol. The fourth-order valence-electron chi connectivity index (χ4n) is 4.77. The summed E-state index contributed by atoms with van der Waals surface area (Å²) in [6.07, 6.45) is 4.58. The van der Waals surface area contributed by atoms with Gasteiger partial charge in [0, 0.05) is 32.2 Å². The van der Waals surface area contributed by atoms with Crippen molar-refractivity contribution in [3.05, 3.63) is 0 Å². The van der Waals surface area contributed by atoms with Gasteiger partial charge in [0.25, 0.3) is 0 Å². The van der Waals surface area contributed by atoms with Crippen LogP contribution in [0.5, 0.6) is 0 Å². The highest BCUT2D eigenvalue weighted by molar-refractivity contribution is 5.86. The number of piperazine rings is 1. The van der Waals surface area contributed by atoms with Crippen LogP contribution in [0.25, 0.3) is 0 Å². The monoisotopic (exact) mass is 351 g/mol. The van der Waals surface area contributed by atoms with Gasteiger partial charge in [0.2, 0.25) is 5.91 Å². The van der Waals surface area contributed by atoms with Crippen molar-refractivity contribution in [3.8, 4) is 0 Å². The molecule has 0 bridgehead atoms. The Morgan fingerprint density at radius 1 is 0.840 bits per heavy atom. The largest absolute Gasteiger partial charge is 0.339 e. The molecule has 0 saturated carbocycles. The van der Waals surface area contributed by atoms with E-state index in [-0.39, 0.29) is 5.91 Å². The highest BCUT2D eigenvalue weighted by atomic mass is 16.2. The van der Waals surface area contributed by atoms with Crippen molar-refractivity contribution in [2.45, 2.75) is 44.2 Å². The summed E-state index contributed by atoms with van der Waals surface area (Å²) in [5.74, 6) is 0.480. The van der Waals surface area contributed by atoms with Gasteiger partial charge in [0.15, 0.2) is 0 Å². The van der Waals surface area contributed by atoms with Crippen molar-refractivity contribution in [1.82, 2.24) is 19.6 Å². The SMILES string of the molecule is CN1CCC(N2CCN(C(=O)[C@@](C)(N)C3CCN(C)CC3)CC2)CC1. The van der Waals surface area contributed by atoms with Crippen LogP contribution in [0.4, 0.5) is 0 Å². The summed E-state index contributed by atoms with van der Waals surface area (Å²) in [6, 6.07) is 0.701. The van der Waals surface area contributed by atoms with Crippen LogP contribution < -0.4 is 5.73 Å². The lowest BCUT2D eigenvalue weighted by Crippen LogP contribution is -2.63. The first kappa shape index (κ1) is 19.1. The predicted octanol–water partition coefficient (Wildman–Crippen LogP) is 0.284. The lowest BCUT2D eigenvalue weighted by Gasteiger charge is -2.45. The minimum absolute atomic E-state index is 0.171. The van der Waals surface area contributed by atoms with Crippen LogP contribution >= 0.6 is 0 Å². The van der Waals surface area contributed by atoms with E-state index in [2.05, 4.69) is 28.8 Å². The Balaban J connectivity index is 1.50. The Morgan fingerprint density at radius 3 is 1.84 bits per heavy atom. The minimum Gasteiger partial charge on any atom is -0.339 e. The van der Waals surface area contributed by atoms with Gasteiger partial charge in [-0.25, -0.2) is 0 Å². The molecule has 3 rings (SSSR count).